The third kappa shape index (κ3) is 2.80. The summed E-state index contributed by atoms with van der Waals surface area (Å²) < 4.78 is 5.74. The van der Waals surface area contributed by atoms with Gasteiger partial charge >= 0.3 is 5.97 Å². The van der Waals surface area contributed by atoms with E-state index in [1.54, 1.807) is 30.3 Å². The number of carboxylic acids is 1. The van der Waals surface area contributed by atoms with Crippen molar-refractivity contribution < 1.29 is 24.2 Å². The Morgan fingerprint density at radius 2 is 1.88 bits per heavy atom. The molecule has 0 unspecified atom stereocenters. The first-order valence-corrected chi connectivity index (χ1v) is 8.54. The van der Waals surface area contributed by atoms with Gasteiger partial charge in [0, 0.05) is 16.0 Å². The van der Waals surface area contributed by atoms with Crippen LogP contribution in [0.5, 0.6) is 5.75 Å². The number of furan rings is 1. The molecule has 6 heteroatoms. The molecule has 0 fully saturated rings. The standard InChI is InChI=1S/C20H12O5S/c21-15-7-5-11(9-14(15)20(23)24)16-8-6-12(25-16)10-18-19(22)13-3-1-2-4-17(13)26-18/h1-10,21H,(H,23,24). The summed E-state index contributed by atoms with van der Waals surface area (Å²) in [6.07, 6.45) is 1.68. The number of benzene rings is 2. The number of carbonyl (C=O) groups excluding carboxylic acids is 1. The van der Waals surface area contributed by atoms with Crippen LogP contribution < -0.4 is 0 Å². The van der Waals surface area contributed by atoms with Crippen molar-refractivity contribution in [2.24, 2.45) is 0 Å². The number of Topliss-reactive ketones (excluding diaryl/α,β-unsaturated/α-hetero) is 1. The van der Waals surface area contributed by atoms with Gasteiger partial charge in [-0.1, -0.05) is 23.9 Å². The Bertz CT molecular complexity index is 1080. The van der Waals surface area contributed by atoms with Crippen LogP contribution in [-0.2, 0) is 0 Å². The van der Waals surface area contributed by atoms with Crippen LogP contribution >= 0.6 is 11.8 Å². The molecule has 4 rings (SSSR count). The second kappa shape index (κ2) is 6.24. The molecule has 0 bridgehead atoms. The van der Waals surface area contributed by atoms with Gasteiger partial charge < -0.3 is 14.6 Å². The maximum absolute atomic E-state index is 12.4. The molecule has 0 amide bonds. The van der Waals surface area contributed by atoms with Crippen LogP contribution in [0.4, 0.5) is 0 Å². The second-order valence-corrected chi connectivity index (χ2v) is 6.76. The fourth-order valence-electron chi connectivity index (χ4n) is 2.71. The van der Waals surface area contributed by atoms with Crippen molar-refractivity contribution in [3.05, 3.63) is 76.4 Å². The smallest absolute Gasteiger partial charge is 0.339 e. The fraction of sp³-hybridized carbons (Fsp3) is 0. The van der Waals surface area contributed by atoms with E-state index in [4.69, 9.17) is 9.52 Å². The lowest BCUT2D eigenvalue weighted by molar-refractivity contribution is 0.0693. The lowest BCUT2D eigenvalue weighted by Crippen LogP contribution is -1.96. The number of allylic oxidation sites excluding steroid dienone is 1. The Hall–Kier alpha value is -3.25. The number of hydrogen-bond donors (Lipinski definition) is 2. The molecule has 0 spiro atoms. The van der Waals surface area contributed by atoms with Crippen molar-refractivity contribution in [2.75, 3.05) is 0 Å². The van der Waals surface area contributed by atoms with Gasteiger partial charge in [-0.15, -0.1) is 0 Å². The zero-order valence-electron chi connectivity index (χ0n) is 13.3. The predicted molar refractivity (Wildman–Crippen MR) is 97.4 cm³/mol. The molecule has 0 saturated carbocycles. The van der Waals surface area contributed by atoms with E-state index in [9.17, 15) is 14.7 Å². The topological polar surface area (TPSA) is 87.7 Å². The van der Waals surface area contributed by atoms with E-state index in [0.29, 0.717) is 27.6 Å². The van der Waals surface area contributed by atoms with E-state index in [2.05, 4.69) is 0 Å². The van der Waals surface area contributed by atoms with Crippen molar-refractivity contribution in [1.82, 2.24) is 0 Å². The van der Waals surface area contributed by atoms with E-state index in [1.165, 1.54) is 23.9 Å². The summed E-state index contributed by atoms with van der Waals surface area (Å²) in [4.78, 5) is 25.0. The molecule has 1 aromatic heterocycles. The van der Waals surface area contributed by atoms with Crippen LogP contribution in [-0.4, -0.2) is 22.0 Å². The molecule has 5 nitrogen and oxygen atoms in total. The molecular weight excluding hydrogens is 352 g/mol. The predicted octanol–water partition coefficient (Wildman–Crippen LogP) is 4.68. The molecule has 26 heavy (non-hydrogen) atoms. The molecule has 128 valence electrons. The quantitative estimate of drug-likeness (QED) is 0.656. The van der Waals surface area contributed by atoms with Crippen molar-refractivity contribution in [1.29, 1.82) is 0 Å². The minimum atomic E-state index is -1.22. The summed E-state index contributed by atoms with van der Waals surface area (Å²) in [5.41, 5.74) is 1.01. The Morgan fingerprint density at radius 1 is 1.08 bits per heavy atom. The third-order valence-corrected chi connectivity index (χ3v) is 5.09. The highest BCUT2D eigenvalue weighted by atomic mass is 32.2. The number of carboxylic acid groups (broad SMARTS) is 1. The molecule has 1 aliphatic heterocycles. The maximum atomic E-state index is 12.4. The zero-order valence-corrected chi connectivity index (χ0v) is 14.1. The summed E-state index contributed by atoms with van der Waals surface area (Å²) in [5.74, 6) is -0.618. The average Bonchev–Trinajstić information content (AvgIpc) is 3.21. The summed E-state index contributed by atoms with van der Waals surface area (Å²) in [5, 5.41) is 18.7. The fourth-order valence-corrected chi connectivity index (χ4v) is 3.74. The number of thioether (sulfide) groups is 1. The maximum Gasteiger partial charge on any atom is 0.339 e. The summed E-state index contributed by atoms with van der Waals surface area (Å²) >= 11 is 1.39. The average molecular weight is 364 g/mol. The number of fused-ring (bicyclic) bond motifs is 1. The first-order chi connectivity index (χ1) is 12.5. The first kappa shape index (κ1) is 16.2. The number of phenols is 1. The van der Waals surface area contributed by atoms with E-state index >= 15 is 0 Å². The van der Waals surface area contributed by atoms with Crippen molar-refractivity contribution >= 4 is 29.6 Å². The second-order valence-electron chi connectivity index (χ2n) is 5.68. The largest absolute Gasteiger partial charge is 0.507 e. The van der Waals surface area contributed by atoms with Crippen molar-refractivity contribution in [2.45, 2.75) is 4.90 Å². The zero-order chi connectivity index (χ0) is 18.3. The SMILES string of the molecule is O=C(O)c1cc(-c2ccc(C=C3Sc4ccccc4C3=O)o2)ccc1O. The highest BCUT2D eigenvalue weighted by molar-refractivity contribution is 8.04. The van der Waals surface area contributed by atoms with Crippen LogP contribution in [0.1, 0.15) is 26.5 Å². The lowest BCUT2D eigenvalue weighted by atomic mass is 10.1. The highest BCUT2D eigenvalue weighted by Crippen LogP contribution is 2.41. The van der Waals surface area contributed by atoms with Gasteiger partial charge in [-0.05, 0) is 48.5 Å². The molecule has 2 heterocycles. The number of aromatic carboxylic acids is 1. The Kier molecular flexibility index (Phi) is 3.89. The lowest BCUT2D eigenvalue weighted by Gasteiger charge is -2.02. The number of aromatic hydroxyl groups is 1. The van der Waals surface area contributed by atoms with Crippen LogP contribution in [0.25, 0.3) is 17.4 Å². The Morgan fingerprint density at radius 3 is 2.65 bits per heavy atom. The number of carbonyl (C=O) groups is 2. The van der Waals surface area contributed by atoms with Crippen molar-refractivity contribution in [3.8, 4) is 17.1 Å². The van der Waals surface area contributed by atoms with Gasteiger partial charge in [0.2, 0.25) is 5.78 Å². The van der Waals surface area contributed by atoms with E-state index in [1.807, 2.05) is 18.2 Å². The first-order valence-electron chi connectivity index (χ1n) is 7.73. The summed E-state index contributed by atoms with van der Waals surface area (Å²) in [6.45, 7) is 0. The van der Waals surface area contributed by atoms with Crippen LogP contribution in [0.3, 0.4) is 0 Å². The van der Waals surface area contributed by atoms with E-state index in [-0.39, 0.29) is 17.1 Å². The van der Waals surface area contributed by atoms with Gasteiger partial charge in [0.1, 0.15) is 22.8 Å². The van der Waals surface area contributed by atoms with Crippen LogP contribution in [0.15, 0.2) is 68.8 Å². The molecule has 0 saturated heterocycles. The van der Waals surface area contributed by atoms with Crippen molar-refractivity contribution in [3.63, 3.8) is 0 Å². The monoisotopic (exact) mass is 364 g/mol. The number of rotatable bonds is 3. The van der Waals surface area contributed by atoms with Crippen LogP contribution in [0.2, 0.25) is 0 Å². The molecule has 2 N–H and O–H groups in total. The minimum absolute atomic E-state index is 0.0404. The molecule has 2 aromatic carbocycles. The van der Waals surface area contributed by atoms with Gasteiger partial charge in [-0.3, -0.25) is 4.79 Å². The summed E-state index contributed by atoms with van der Waals surface area (Å²) in [7, 11) is 0. The van der Waals surface area contributed by atoms with Crippen LogP contribution in [0, 0.1) is 0 Å². The minimum Gasteiger partial charge on any atom is -0.507 e. The normalized spacial score (nSPS) is 14.6. The molecule has 1 aliphatic rings. The summed E-state index contributed by atoms with van der Waals surface area (Å²) in [6, 6.07) is 15.1. The molecule has 3 aromatic rings. The molecule has 0 atom stereocenters. The third-order valence-electron chi connectivity index (χ3n) is 3.99. The molecule has 0 radical (unpaired) electrons. The number of hydrogen-bond acceptors (Lipinski definition) is 5. The molecule has 0 aliphatic carbocycles. The van der Waals surface area contributed by atoms with Gasteiger partial charge in [-0.2, -0.15) is 0 Å². The van der Waals surface area contributed by atoms with Gasteiger partial charge in [0.05, 0.1) is 4.91 Å². The Labute approximate surface area is 152 Å². The van der Waals surface area contributed by atoms with Gasteiger partial charge in [0.25, 0.3) is 0 Å². The molecular formula is C20H12O5S. The van der Waals surface area contributed by atoms with E-state index in [0.717, 1.165) is 4.90 Å². The van der Waals surface area contributed by atoms with Gasteiger partial charge in [0.15, 0.2) is 0 Å². The Balaban J connectivity index is 1.65. The van der Waals surface area contributed by atoms with E-state index < -0.39 is 5.97 Å². The number of ketones is 1. The highest BCUT2D eigenvalue weighted by Gasteiger charge is 2.25. The van der Waals surface area contributed by atoms with Gasteiger partial charge in [-0.25, -0.2) is 4.79 Å².